The van der Waals surface area contributed by atoms with Gasteiger partial charge in [0.15, 0.2) is 0 Å². The van der Waals surface area contributed by atoms with Crippen LogP contribution in [0.4, 0.5) is 0 Å². The summed E-state index contributed by atoms with van der Waals surface area (Å²) in [6.45, 7) is 5.37. The number of hydrogen-bond acceptors (Lipinski definition) is 5. The van der Waals surface area contributed by atoms with E-state index in [4.69, 9.17) is 4.74 Å². The molecule has 8 heteroatoms. The number of benzene rings is 2. The van der Waals surface area contributed by atoms with Crippen molar-refractivity contribution in [2.45, 2.75) is 42.5 Å². The van der Waals surface area contributed by atoms with Gasteiger partial charge in [-0.1, -0.05) is 25.1 Å². The molecular formula is C23H30N2O4S2. The Kier molecular flexibility index (Phi) is 7.67. The molecule has 3 rings (SSSR count). The Morgan fingerprint density at radius 3 is 2.52 bits per heavy atom. The van der Waals surface area contributed by atoms with Gasteiger partial charge in [-0.05, 0) is 56.2 Å². The number of carbonyl (C=O) groups is 1. The van der Waals surface area contributed by atoms with Gasteiger partial charge in [-0.2, -0.15) is 0 Å². The topological polar surface area (TPSA) is 75.7 Å². The predicted octanol–water partition coefficient (Wildman–Crippen LogP) is 4.33. The first-order valence-electron chi connectivity index (χ1n) is 10.4. The number of likely N-dealkylation sites (tertiary alicyclic amines) is 1. The molecule has 2 aromatic carbocycles. The van der Waals surface area contributed by atoms with Gasteiger partial charge >= 0.3 is 0 Å². The SMILES string of the molecule is COc1ccccc1C(C)NS(=O)(=O)c1ccc(SC)c(C(=O)N2CCC(C)CC2)c1. The lowest BCUT2D eigenvalue weighted by molar-refractivity contribution is 0.0693. The molecule has 0 bridgehead atoms. The maximum absolute atomic E-state index is 13.2. The second-order valence-corrected chi connectivity index (χ2v) is 10.5. The van der Waals surface area contributed by atoms with Gasteiger partial charge < -0.3 is 9.64 Å². The number of carbonyl (C=O) groups excluding carboxylic acids is 1. The number of methoxy groups -OCH3 is 1. The van der Waals surface area contributed by atoms with E-state index in [9.17, 15) is 13.2 Å². The molecule has 1 heterocycles. The zero-order valence-corrected chi connectivity index (χ0v) is 20.1. The van der Waals surface area contributed by atoms with Crippen LogP contribution in [-0.2, 0) is 10.0 Å². The molecule has 1 atom stereocenters. The van der Waals surface area contributed by atoms with Gasteiger partial charge in [0.1, 0.15) is 5.75 Å². The Hall–Kier alpha value is -2.03. The van der Waals surface area contributed by atoms with Crippen LogP contribution in [0, 0.1) is 5.92 Å². The number of rotatable bonds is 7. The zero-order valence-electron chi connectivity index (χ0n) is 18.4. The predicted molar refractivity (Wildman–Crippen MR) is 124 cm³/mol. The van der Waals surface area contributed by atoms with E-state index in [1.54, 1.807) is 32.2 Å². The summed E-state index contributed by atoms with van der Waals surface area (Å²) in [6.07, 6.45) is 3.83. The van der Waals surface area contributed by atoms with Gasteiger partial charge in [0.25, 0.3) is 5.91 Å². The van der Waals surface area contributed by atoms with Crippen molar-refractivity contribution in [3.05, 3.63) is 53.6 Å². The number of ether oxygens (including phenoxy) is 1. The van der Waals surface area contributed by atoms with Crippen LogP contribution in [-0.4, -0.2) is 45.7 Å². The highest BCUT2D eigenvalue weighted by Gasteiger charge is 2.26. The van der Waals surface area contributed by atoms with Gasteiger partial charge in [0.2, 0.25) is 10.0 Å². The first kappa shape index (κ1) is 23.6. The molecule has 1 amide bonds. The first-order chi connectivity index (χ1) is 14.8. The summed E-state index contributed by atoms with van der Waals surface area (Å²) in [6, 6.07) is 11.6. The Balaban J connectivity index is 1.88. The zero-order chi connectivity index (χ0) is 22.6. The van der Waals surface area contributed by atoms with Crippen LogP contribution in [0.1, 0.15) is 48.7 Å². The summed E-state index contributed by atoms with van der Waals surface area (Å²) in [5.74, 6) is 1.12. The summed E-state index contributed by atoms with van der Waals surface area (Å²) in [4.78, 5) is 15.9. The number of piperidine rings is 1. The van der Waals surface area contributed by atoms with E-state index < -0.39 is 16.1 Å². The number of hydrogen-bond donors (Lipinski definition) is 1. The first-order valence-corrected chi connectivity index (χ1v) is 13.1. The molecule has 1 fully saturated rings. The number of nitrogens with zero attached hydrogens (tertiary/aromatic N) is 1. The minimum Gasteiger partial charge on any atom is -0.496 e. The molecule has 168 valence electrons. The van der Waals surface area contributed by atoms with Crippen molar-refractivity contribution in [1.82, 2.24) is 9.62 Å². The summed E-state index contributed by atoms with van der Waals surface area (Å²) in [5.41, 5.74) is 1.18. The summed E-state index contributed by atoms with van der Waals surface area (Å²) < 4.78 is 34.3. The molecule has 2 aromatic rings. The fourth-order valence-electron chi connectivity index (χ4n) is 3.79. The molecule has 1 N–H and O–H groups in total. The van der Waals surface area contributed by atoms with Crippen molar-refractivity contribution >= 4 is 27.7 Å². The third-order valence-corrected chi connectivity index (χ3v) is 8.05. The average molecular weight is 463 g/mol. The molecule has 1 unspecified atom stereocenters. The Bertz CT molecular complexity index is 1030. The van der Waals surface area contributed by atoms with Crippen LogP contribution in [0.25, 0.3) is 0 Å². The van der Waals surface area contributed by atoms with Crippen molar-refractivity contribution in [1.29, 1.82) is 0 Å². The molecule has 0 aliphatic carbocycles. The number of amides is 1. The largest absolute Gasteiger partial charge is 0.496 e. The van der Waals surface area contributed by atoms with E-state index in [1.807, 2.05) is 29.4 Å². The Morgan fingerprint density at radius 1 is 1.19 bits per heavy atom. The van der Waals surface area contributed by atoms with Gasteiger partial charge in [-0.25, -0.2) is 13.1 Å². The molecule has 31 heavy (non-hydrogen) atoms. The molecular weight excluding hydrogens is 432 g/mol. The number of para-hydroxylation sites is 1. The third kappa shape index (κ3) is 5.42. The van der Waals surface area contributed by atoms with Gasteiger partial charge in [-0.3, -0.25) is 4.79 Å². The minimum atomic E-state index is -3.84. The number of nitrogens with one attached hydrogen (secondary N) is 1. The fraction of sp³-hybridized carbons (Fsp3) is 0.435. The lowest BCUT2D eigenvalue weighted by Crippen LogP contribution is -2.38. The maximum Gasteiger partial charge on any atom is 0.255 e. The lowest BCUT2D eigenvalue weighted by Gasteiger charge is -2.31. The molecule has 0 saturated carbocycles. The molecule has 1 aliphatic heterocycles. The van der Waals surface area contributed by atoms with E-state index >= 15 is 0 Å². The molecule has 0 aromatic heterocycles. The minimum absolute atomic E-state index is 0.0841. The molecule has 0 radical (unpaired) electrons. The van der Waals surface area contributed by atoms with Crippen LogP contribution >= 0.6 is 11.8 Å². The molecule has 0 spiro atoms. The van der Waals surface area contributed by atoms with Crippen LogP contribution in [0.5, 0.6) is 5.75 Å². The number of sulfonamides is 1. The Labute approximate surface area is 189 Å². The second-order valence-electron chi connectivity index (χ2n) is 7.92. The van der Waals surface area contributed by atoms with E-state index in [2.05, 4.69) is 11.6 Å². The second kappa shape index (κ2) is 10.1. The van der Waals surface area contributed by atoms with Crippen LogP contribution in [0.3, 0.4) is 0 Å². The third-order valence-electron chi connectivity index (χ3n) is 5.72. The molecule has 6 nitrogen and oxygen atoms in total. The summed E-state index contributed by atoms with van der Waals surface area (Å²) in [7, 11) is -2.28. The van der Waals surface area contributed by atoms with Crippen molar-refractivity contribution < 1.29 is 17.9 Å². The highest BCUT2D eigenvalue weighted by atomic mass is 32.2. The monoisotopic (exact) mass is 462 g/mol. The van der Waals surface area contributed by atoms with Crippen LogP contribution in [0.15, 0.2) is 52.3 Å². The van der Waals surface area contributed by atoms with Gasteiger partial charge in [0.05, 0.1) is 17.6 Å². The van der Waals surface area contributed by atoms with E-state index in [0.717, 1.165) is 23.3 Å². The Morgan fingerprint density at radius 2 is 1.87 bits per heavy atom. The van der Waals surface area contributed by atoms with Crippen LogP contribution in [0.2, 0.25) is 0 Å². The molecule has 1 saturated heterocycles. The normalized spacial score (nSPS) is 16.2. The maximum atomic E-state index is 13.2. The van der Waals surface area contributed by atoms with Crippen molar-refractivity contribution in [3.63, 3.8) is 0 Å². The standard InChI is InChI=1S/C23H30N2O4S2/c1-16-11-13-25(14-12-16)23(26)20-15-18(9-10-22(20)30-4)31(27,28)24-17(2)19-7-5-6-8-21(19)29-3/h5-10,15-17,24H,11-14H2,1-4H3. The quantitative estimate of drug-likeness (QED) is 0.620. The number of thioether (sulfide) groups is 1. The highest BCUT2D eigenvalue weighted by molar-refractivity contribution is 7.98. The smallest absolute Gasteiger partial charge is 0.255 e. The van der Waals surface area contributed by atoms with Crippen molar-refractivity contribution in [3.8, 4) is 5.75 Å². The van der Waals surface area contributed by atoms with Gasteiger partial charge in [0, 0.05) is 29.6 Å². The van der Waals surface area contributed by atoms with Crippen molar-refractivity contribution in [2.24, 2.45) is 5.92 Å². The van der Waals surface area contributed by atoms with E-state index in [1.165, 1.54) is 17.8 Å². The van der Waals surface area contributed by atoms with Crippen molar-refractivity contribution in [2.75, 3.05) is 26.5 Å². The van der Waals surface area contributed by atoms with E-state index in [-0.39, 0.29) is 10.8 Å². The molecule has 1 aliphatic rings. The average Bonchev–Trinajstić information content (AvgIpc) is 2.78. The van der Waals surface area contributed by atoms with Crippen LogP contribution < -0.4 is 9.46 Å². The van der Waals surface area contributed by atoms with E-state index in [0.29, 0.717) is 30.3 Å². The van der Waals surface area contributed by atoms with Gasteiger partial charge in [-0.15, -0.1) is 11.8 Å². The highest BCUT2D eigenvalue weighted by Crippen LogP contribution is 2.29. The summed E-state index contributed by atoms with van der Waals surface area (Å²) in [5, 5.41) is 0. The summed E-state index contributed by atoms with van der Waals surface area (Å²) >= 11 is 1.44. The lowest BCUT2D eigenvalue weighted by atomic mass is 9.98. The fourth-order valence-corrected chi connectivity index (χ4v) is 5.61.